The molecule has 3 nitrogen and oxygen atoms in total. The number of benzene rings is 1. The Kier molecular flexibility index (Phi) is 4.12. The van der Waals surface area contributed by atoms with Gasteiger partial charge in [0.15, 0.2) is 0 Å². The molecule has 0 bridgehead atoms. The van der Waals surface area contributed by atoms with E-state index in [4.69, 9.17) is 9.16 Å². The zero-order valence-electron chi connectivity index (χ0n) is 10.2. The Hall–Kier alpha value is -1.29. The van der Waals surface area contributed by atoms with Gasteiger partial charge in [-0.2, -0.15) is 0 Å². The van der Waals surface area contributed by atoms with Crippen LogP contribution in [0.15, 0.2) is 24.3 Å². The van der Waals surface area contributed by atoms with E-state index in [0.29, 0.717) is 0 Å². The summed E-state index contributed by atoms with van der Waals surface area (Å²) in [4.78, 5) is 11.7. The fourth-order valence-corrected chi connectivity index (χ4v) is 2.14. The van der Waals surface area contributed by atoms with E-state index in [1.54, 1.807) is 7.11 Å². The Labute approximate surface area is 97.5 Å². The predicted molar refractivity (Wildman–Crippen MR) is 66.1 cm³/mol. The number of hydrogen-bond donors (Lipinski definition) is 0. The highest BCUT2D eigenvalue weighted by atomic mass is 28.4. The summed E-state index contributed by atoms with van der Waals surface area (Å²) in [6.07, 6.45) is 0.272. The first kappa shape index (κ1) is 12.8. The lowest BCUT2D eigenvalue weighted by Crippen LogP contribution is -2.30. The maximum Gasteiger partial charge on any atom is 0.297 e. The first-order chi connectivity index (χ1) is 7.42. The Balaban J connectivity index is 2.70. The molecule has 0 saturated carbocycles. The number of ether oxygens (including phenoxy) is 1. The molecule has 0 aliphatic rings. The molecule has 1 rings (SSSR count). The van der Waals surface area contributed by atoms with E-state index in [1.165, 1.54) is 0 Å². The van der Waals surface area contributed by atoms with Gasteiger partial charge in [-0.3, -0.25) is 4.79 Å². The first-order valence-corrected chi connectivity index (χ1v) is 8.67. The second-order valence-electron chi connectivity index (χ2n) is 4.58. The third-order valence-corrected chi connectivity index (χ3v) is 2.79. The molecule has 0 aliphatic carbocycles. The lowest BCUT2D eigenvalue weighted by Gasteiger charge is -2.17. The molecule has 0 heterocycles. The third kappa shape index (κ3) is 4.06. The summed E-state index contributed by atoms with van der Waals surface area (Å²) >= 11 is 0. The molecule has 88 valence electrons. The van der Waals surface area contributed by atoms with Crippen LogP contribution < -0.4 is 4.74 Å². The summed E-state index contributed by atoms with van der Waals surface area (Å²) in [5.74, 6) is 0.554. The van der Waals surface area contributed by atoms with Crippen LogP contribution in [0.4, 0.5) is 0 Å². The van der Waals surface area contributed by atoms with Crippen LogP contribution in [0.1, 0.15) is 5.56 Å². The number of methoxy groups -OCH3 is 1. The number of para-hydroxylation sites is 1. The van der Waals surface area contributed by atoms with E-state index >= 15 is 0 Å². The van der Waals surface area contributed by atoms with Crippen LogP contribution in [0, 0.1) is 0 Å². The zero-order chi connectivity index (χ0) is 12.2. The van der Waals surface area contributed by atoms with Crippen LogP contribution in [-0.4, -0.2) is 21.4 Å². The monoisotopic (exact) mass is 238 g/mol. The van der Waals surface area contributed by atoms with Crippen molar-refractivity contribution < 1.29 is 14.0 Å². The first-order valence-electron chi connectivity index (χ1n) is 5.26. The molecule has 0 amide bonds. The molecule has 0 aliphatic heterocycles. The molecule has 1 aromatic rings. The summed E-state index contributed by atoms with van der Waals surface area (Å²) < 4.78 is 10.6. The third-order valence-electron chi connectivity index (χ3n) is 1.95. The predicted octanol–water partition coefficient (Wildman–Crippen LogP) is 2.62. The fraction of sp³-hybridized carbons (Fsp3) is 0.417. The number of carbonyl (C=O) groups is 1. The van der Waals surface area contributed by atoms with Crippen molar-refractivity contribution in [3.05, 3.63) is 29.8 Å². The highest BCUT2D eigenvalue weighted by Crippen LogP contribution is 2.18. The fourth-order valence-electron chi connectivity index (χ4n) is 1.38. The lowest BCUT2D eigenvalue weighted by atomic mass is 10.1. The van der Waals surface area contributed by atoms with Gasteiger partial charge in [0, 0.05) is 5.56 Å². The van der Waals surface area contributed by atoms with Gasteiger partial charge in [-0.05, 0) is 25.7 Å². The largest absolute Gasteiger partial charge is 0.520 e. The second kappa shape index (κ2) is 5.16. The molecule has 1 aromatic carbocycles. The van der Waals surface area contributed by atoms with E-state index in [9.17, 15) is 4.79 Å². The molecule has 4 heteroatoms. The van der Waals surface area contributed by atoms with Crippen molar-refractivity contribution in [2.24, 2.45) is 0 Å². The van der Waals surface area contributed by atoms with Gasteiger partial charge >= 0.3 is 0 Å². The van der Waals surface area contributed by atoms with E-state index in [0.717, 1.165) is 11.3 Å². The Morgan fingerprint density at radius 1 is 1.25 bits per heavy atom. The van der Waals surface area contributed by atoms with Crippen molar-refractivity contribution in [2.45, 2.75) is 26.1 Å². The Bertz CT molecular complexity index is 369. The maximum atomic E-state index is 11.7. The van der Waals surface area contributed by atoms with Crippen molar-refractivity contribution in [1.82, 2.24) is 0 Å². The zero-order valence-corrected chi connectivity index (χ0v) is 11.2. The van der Waals surface area contributed by atoms with Crippen LogP contribution in [0.25, 0.3) is 0 Å². The topological polar surface area (TPSA) is 35.5 Å². The van der Waals surface area contributed by atoms with Crippen LogP contribution in [0.3, 0.4) is 0 Å². The Morgan fingerprint density at radius 3 is 2.44 bits per heavy atom. The van der Waals surface area contributed by atoms with Gasteiger partial charge in [-0.15, -0.1) is 0 Å². The van der Waals surface area contributed by atoms with Crippen molar-refractivity contribution in [3.8, 4) is 5.75 Å². The van der Waals surface area contributed by atoms with Gasteiger partial charge in [0.1, 0.15) is 5.75 Å². The summed E-state index contributed by atoms with van der Waals surface area (Å²) in [6, 6.07) is 7.49. The van der Waals surface area contributed by atoms with Gasteiger partial charge < -0.3 is 9.16 Å². The maximum absolute atomic E-state index is 11.7. The van der Waals surface area contributed by atoms with Gasteiger partial charge in [0.25, 0.3) is 5.97 Å². The van der Waals surface area contributed by atoms with Crippen LogP contribution in [0.2, 0.25) is 19.6 Å². The van der Waals surface area contributed by atoms with Crippen LogP contribution in [-0.2, 0) is 15.6 Å². The van der Waals surface area contributed by atoms with E-state index in [2.05, 4.69) is 0 Å². The van der Waals surface area contributed by atoms with E-state index < -0.39 is 8.32 Å². The number of rotatable bonds is 4. The van der Waals surface area contributed by atoms with Crippen molar-refractivity contribution in [2.75, 3.05) is 7.11 Å². The molecule has 0 atom stereocenters. The summed E-state index contributed by atoms with van der Waals surface area (Å²) in [6.45, 7) is 5.98. The molecule has 0 unspecified atom stereocenters. The number of hydrogen-bond acceptors (Lipinski definition) is 3. The summed E-state index contributed by atoms with van der Waals surface area (Å²) in [5, 5.41) is 0. The minimum atomic E-state index is -1.79. The molecule has 16 heavy (non-hydrogen) atoms. The van der Waals surface area contributed by atoms with Crippen molar-refractivity contribution in [3.63, 3.8) is 0 Å². The van der Waals surface area contributed by atoms with Crippen molar-refractivity contribution in [1.29, 1.82) is 0 Å². The van der Waals surface area contributed by atoms with Crippen molar-refractivity contribution >= 4 is 14.3 Å². The molecular weight excluding hydrogens is 220 g/mol. The SMILES string of the molecule is COc1ccccc1CC(=O)O[Si](C)(C)C. The smallest absolute Gasteiger partial charge is 0.297 e. The molecule has 0 fully saturated rings. The van der Waals surface area contributed by atoms with E-state index in [-0.39, 0.29) is 12.4 Å². The second-order valence-corrected chi connectivity index (χ2v) is 9.00. The molecule has 0 saturated heterocycles. The summed E-state index contributed by atoms with van der Waals surface area (Å²) in [7, 11) is -0.192. The normalized spacial score (nSPS) is 11.0. The highest BCUT2D eigenvalue weighted by Gasteiger charge is 2.20. The molecular formula is C12H18O3Si. The molecule has 0 aromatic heterocycles. The molecule has 0 spiro atoms. The lowest BCUT2D eigenvalue weighted by molar-refractivity contribution is -0.134. The quantitative estimate of drug-likeness (QED) is 0.756. The average Bonchev–Trinajstić information content (AvgIpc) is 2.15. The van der Waals surface area contributed by atoms with Crippen LogP contribution in [0.5, 0.6) is 5.75 Å². The standard InChI is InChI=1S/C12H18O3Si/c1-14-11-8-6-5-7-10(11)9-12(13)15-16(2,3)4/h5-8H,9H2,1-4H3. The minimum absolute atomic E-state index is 0.177. The molecule has 0 radical (unpaired) electrons. The number of carbonyl (C=O) groups excluding carboxylic acids is 1. The Morgan fingerprint density at radius 2 is 1.88 bits per heavy atom. The van der Waals surface area contributed by atoms with Gasteiger partial charge in [-0.1, -0.05) is 18.2 Å². The van der Waals surface area contributed by atoms with Gasteiger partial charge in [-0.25, -0.2) is 0 Å². The van der Waals surface area contributed by atoms with E-state index in [1.807, 2.05) is 43.9 Å². The average molecular weight is 238 g/mol. The van der Waals surface area contributed by atoms with Gasteiger partial charge in [0.05, 0.1) is 13.5 Å². The summed E-state index contributed by atoms with van der Waals surface area (Å²) in [5.41, 5.74) is 0.869. The minimum Gasteiger partial charge on any atom is -0.520 e. The van der Waals surface area contributed by atoms with Crippen LogP contribution >= 0.6 is 0 Å². The molecule has 0 N–H and O–H groups in total. The highest BCUT2D eigenvalue weighted by molar-refractivity contribution is 6.71. The van der Waals surface area contributed by atoms with Gasteiger partial charge in [0.2, 0.25) is 8.32 Å².